The molecule has 0 aliphatic rings. The first-order chi connectivity index (χ1) is 27.8. The van der Waals surface area contributed by atoms with E-state index in [0.29, 0.717) is 0 Å². The SMILES string of the molecule is c1ccc(-c2cc(-c3ccccc3)cc(N(c3ccc4c5ccccc5n(-c5ccccc5)c4c3)c3ccccc3-c3ccccc3-c3ccccc3)c2)cc1. The lowest BCUT2D eigenvalue weighted by Gasteiger charge is -2.29. The van der Waals surface area contributed by atoms with Crippen LogP contribution >= 0.6 is 0 Å². The summed E-state index contributed by atoms with van der Waals surface area (Å²) in [6.07, 6.45) is 0. The molecule has 0 fully saturated rings. The zero-order chi connectivity index (χ0) is 37.3. The maximum atomic E-state index is 2.46. The van der Waals surface area contributed by atoms with Crippen molar-refractivity contribution in [2.24, 2.45) is 0 Å². The summed E-state index contributed by atoms with van der Waals surface area (Å²) in [7, 11) is 0. The van der Waals surface area contributed by atoms with E-state index in [1.807, 2.05) is 0 Å². The molecule has 2 heteroatoms. The molecule has 0 amide bonds. The maximum absolute atomic E-state index is 2.46. The second-order valence-corrected chi connectivity index (χ2v) is 14.2. The van der Waals surface area contributed by atoms with E-state index in [-0.39, 0.29) is 0 Å². The summed E-state index contributed by atoms with van der Waals surface area (Å²) < 4.78 is 2.40. The molecule has 1 aromatic heterocycles. The molecule has 2 nitrogen and oxygen atoms in total. The highest BCUT2D eigenvalue weighted by molar-refractivity contribution is 6.10. The smallest absolute Gasteiger partial charge is 0.0561 e. The normalized spacial score (nSPS) is 11.2. The van der Waals surface area contributed by atoms with E-state index >= 15 is 0 Å². The van der Waals surface area contributed by atoms with Gasteiger partial charge >= 0.3 is 0 Å². The van der Waals surface area contributed by atoms with Crippen LogP contribution in [-0.4, -0.2) is 4.57 Å². The van der Waals surface area contributed by atoms with Crippen LogP contribution in [0.15, 0.2) is 231 Å². The van der Waals surface area contributed by atoms with Crippen molar-refractivity contribution in [1.82, 2.24) is 4.57 Å². The van der Waals surface area contributed by atoms with Gasteiger partial charge in [-0.3, -0.25) is 0 Å². The molecule has 0 aliphatic heterocycles. The lowest BCUT2D eigenvalue weighted by atomic mass is 9.92. The molecular weight excluding hydrogens is 677 g/mol. The maximum Gasteiger partial charge on any atom is 0.0561 e. The van der Waals surface area contributed by atoms with E-state index in [0.717, 1.165) is 45.0 Å². The molecule has 0 saturated heterocycles. The highest BCUT2D eigenvalue weighted by Crippen LogP contribution is 2.46. The molecule has 0 aliphatic carbocycles. The molecule has 0 spiro atoms. The van der Waals surface area contributed by atoms with Gasteiger partial charge in [0, 0.05) is 33.4 Å². The Balaban J connectivity index is 1.28. The number of aromatic nitrogens is 1. The van der Waals surface area contributed by atoms with Crippen LogP contribution in [0.4, 0.5) is 17.1 Å². The van der Waals surface area contributed by atoms with Crippen molar-refractivity contribution in [1.29, 1.82) is 0 Å². The molecule has 10 rings (SSSR count). The van der Waals surface area contributed by atoms with Crippen molar-refractivity contribution < 1.29 is 0 Å². The fourth-order valence-electron chi connectivity index (χ4n) is 8.20. The fourth-order valence-corrected chi connectivity index (χ4v) is 8.20. The van der Waals surface area contributed by atoms with Crippen molar-refractivity contribution in [3.8, 4) is 50.2 Å². The van der Waals surface area contributed by atoms with E-state index in [2.05, 4.69) is 240 Å². The summed E-state index contributed by atoms with van der Waals surface area (Å²) in [6, 6.07) is 83.2. The summed E-state index contributed by atoms with van der Waals surface area (Å²) in [6.45, 7) is 0. The van der Waals surface area contributed by atoms with Gasteiger partial charge in [0.25, 0.3) is 0 Å². The van der Waals surface area contributed by atoms with Crippen LogP contribution in [0.3, 0.4) is 0 Å². The molecule has 0 radical (unpaired) electrons. The number of anilines is 3. The Morgan fingerprint density at radius 2 is 0.786 bits per heavy atom. The second-order valence-electron chi connectivity index (χ2n) is 14.2. The van der Waals surface area contributed by atoms with Crippen molar-refractivity contribution in [3.63, 3.8) is 0 Å². The van der Waals surface area contributed by atoms with Gasteiger partial charge in [-0.25, -0.2) is 0 Å². The van der Waals surface area contributed by atoms with Crippen LogP contribution in [-0.2, 0) is 0 Å². The summed E-state index contributed by atoms with van der Waals surface area (Å²) in [5, 5.41) is 2.46. The Labute approximate surface area is 327 Å². The molecule has 1 heterocycles. The molecule has 0 saturated carbocycles. The zero-order valence-electron chi connectivity index (χ0n) is 30.8. The van der Waals surface area contributed by atoms with Gasteiger partial charge in [-0.2, -0.15) is 0 Å². The first-order valence-electron chi connectivity index (χ1n) is 19.2. The van der Waals surface area contributed by atoms with Crippen molar-refractivity contribution in [2.75, 3.05) is 4.90 Å². The third-order valence-electron chi connectivity index (χ3n) is 10.8. The monoisotopic (exact) mass is 714 g/mol. The molecule has 0 bridgehead atoms. The first kappa shape index (κ1) is 33.2. The minimum atomic E-state index is 1.08. The predicted octanol–water partition coefficient (Wildman–Crippen LogP) is 14.9. The van der Waals surface area contributed by atoms with Crippen molar-refractivity contribution >= 4 is 38.9 Å². The lowest BCUT2D eigenvalue weighted by molar-refractivity contribution is 1.18. The topological polar surface area (TPSA) is 8.17 Å². The number of benzene rings is 9. The van der Waals surface area contributed by atoms with Gasteiger partial charge in [0.05, 0.1) is 16.7 Å². The Bertz CT molecular complexity index is 2890. The molecule has 264 valence electrons. The van der Waals surface area contributed by atoms with Gasteiger partial charge in [0.15, 0.2) is 0 Å². The van der Waals surface area contributed by atoms with E-state index in [1.165, 1.54) is 44.1 Å². The van der Waals surface area contributed by atoms with Crippen LogP contribution in [0.25, 0.3) is 72.0 Å². The first-order valence-corrected chi connectivity index (χ1v) is 19.2. The molecule has 10 aromatic rings. The van der Waals surface area contributed by atoms with E-state index in [4.69, 9.17) is 0 Å². The van der Waals surface area contributed by atoms with Crippen LogP contribution < -0.4 is 4.90 Å². The van der Waals surface area contributed by atoms with Gasteiger partial charge in [-0.05, 0) is 93.5 Å². The van der Waals surface area contributed by atoms with E-state index in [9.17, 15) is 0 Å². The van der Waals surface area contributed by atoms with Crippen molar-refractivity contribution in [2.45, 2.75) is 0 Å². The molecule has 0 atom stereocenters. The molecule has 0 N–H and O–H groups in total. The van der Waals surface area contributed by atoms with Crippen molar-refractivity contribution in [3.05, 3.63) is 231 Å². The van der Waals surface area contributed by atoms with Gasteiger partial charge in [0.2, 0.25) is 0 Å². The Hall–Kier alpha value is -7.42. The molecule has 0 unspecified atom stereocenters. The minimum absolute atomic E-state index is 1.08. The number of hydrogen-bond acceptors (Lipinski definition) is 1. The average Bonchev–Trinajstić information content (AvgIpc) is 3.61. The van der Waals surface area contributed by atoms with Gasteiger partial charge < -0.3 is 9.47 Å². The Kier molecular flexibility index (Phi) is 8.55. The van der Waals surface area contributed by atoms with Crippen LogP contribution in [0.5, 0.6) is 0 Å². The number of rotatable bonds is 8. The zero-order valence-corrected chi connectivity index (χ0v) is 30.8. The summed E-state index contributed by atoms with van der Waals surface area (Å²) in [5.41, 5.74) is 16.1. The fraction of sp³-hybridized carbons (Fsp3) is 0. The summed E-state index contributed by atoms with van der Waals surface area (Å²) >= 11 is 0. The standard InChI is InChI=1S/C54H38N2/c1-5-19-39(20-6-1)42-35-43(40-21-7-2-8-22-40)37-46(36-42)55(52-31-17-15-29-49(52)48-28-14-13-27-47(48)41-23-9-3-10-24-41)45-33-34-51-50-30-16-18-32-53(50)56(54(51)38-45)44-25-11-4-12-26-44/h1-38H. The van der Waals surface area contributed by atoms with Gasteiger partial charge in [0.1, 0.15) is 0 Å². The lowest BCUT2D eigenvalue weighted by Crippen LogP contribution is -2.12. The predicted molar refractivity (Wildman–Crippen MR) is 237 cm³/mol. The van der Waals surface area contributed by atoms with Crippen LogP contribution in [0.1, 0.15) is 0 Å². The average molecular weight is 715 g/mol. The van der Waals surface area contributed by atoms with E-state index < -0.39 is 0 Å². The third kappa shape index (κ3) is 6.04. The Morgan fingerprint density at radius 1 is 0.286 bits per heavy atom. The summed E-state index contributed by atoms with van der Waals surface area (Å²) in [4.78, 5) is 2.46. The number of para-hydroxylation sites is 3. The van der Waals surface area contributed by atoms with Gasteiger partial charge in [-0.15, -0.1) is 0 Å². The molecule has 56 heavy (non-hydrogen) atoms. The quantitative estimate of drug-likeness (QED) is 0.152. The highest BCUT2D eigenvalue weighted by Gasteiger charge is 2.22. The van der Waals surface area contributed by atoms with Crippen LogP contribution in [0.2, 0.25) is 0 Å². The molecular formula is C54H38N2. The highest BCUT2D eigenvalue weighted by atomic mass is 15.1. The largest absolute Gasteiger partial charge is 0.310 e. The second kappa shape index (κ2) is 14.4. The van der Waals surface area contributed by atoms with Crippen LogP contribution in [0, 0.1) is 0 Å². The van der Waals surface area contributed by atoms with Gasteiger partial charge in [-0.1, -0.05) is 176 Å². The Morgan fingerprint density at radius 3 is 1.45 bits per heavy atom. The number of hydrogen-bond donors (Lipinski definition) is 0. The summed E-state index contributed by atoms with van der Waals surface area (Å²) in [5.74, 6) is 0. The number of fused-ring (bicyclic) bond motifs is 3. The molecule has 9 aromatic carbocycles. The third-order valence-corrected chi connectivity index (χ3v) is 10.8. The minimum Gasteiger partial charge on any atom is -0.310 e. The number of nitrogens with zero attached hydrogens (tertiary/aromatic N) is 2. The van der Waals surface area contributed by atoms with E-state index in [1.54, 1.807) is 0 Å².